The highest BCUT2D eigenvalue weighted by Crippen LogP contribution is 2.57. The first-order valence-electron chi connectivity index (χ1n) is 10.3. The van der Waals surface area contributed by atoms with Gasteiger partial charge in [0.2, 0.25) is 11.8 Å². The van der Waals surface area contributed by atoms with Crippen molar-refractivity contribution in [2.75, 3.05) is 16.0 Å². The van der Waals surface area contributed by atoms with Crippen molar-refractivity contribution < 1.29 is 14.3 Å². The monoisotopic (exact) mass is 547 g/mol. The van der Waals surface area contributed by atoms with Crippen LogP contribution in [-0.4, -0.2) is 22.4 Å². The van der Waals surface area contributed by atoms with E-state index in [-0.39, 0.29) is 28.2 Å². The van der Waals surface area contributed by atoms with Gasteiger partial charge in [0.25, 0.3) is 0 Å². The highest BCUT2D eigenvalue weighted by molar-refractivity contribution is 9.09. The lowest BCUT2D eigenvalue weighted by atomic mass is 9.60. The molecular weight excluding hydrogens is 526 g/mol. The molecule has 162 valence electrons. The number of para-hydroxylation sites is 1. The molecule has 0 fully saturated rings. The van der Waals surface area contributed by atoms with Gasteiger partial charge in [-0.15, -0.1) is 0 Å². The van der Waals surface area contributed by atoms with Gasteiger partial charge < -0.3 is 15.8 Å². The van der Waals surface area contributed by atoms with Crippen LogP contribution >= 0.6 is 31.9 Å². The zero-order valence-corrected chi connectivity index (χ0v) is 20.1. The van der Waals surface area contributed by atoms with Crippen molar-refractivity contribution in [3.63, 3.8) is 0 Å². The molecule has 1 aromatic carbocycles. The molecule has 0 aromatic heterocycles. The fourth-order valence-electron chi connectivity index (χ4n) is 5.33. The van der Waals surface area contributed by atoms with Crippen LogP contribution in [0.3, 0.4) is 0 Å². The van der Waals surface area contributed by atoms with E-state index in [2.05, 4.69) is 43.2 Å². The Morgan fingerprint density at radius 3 is 2.45 bits per heavy atom. The van der Waals surface area contributed by atoms with Crippen LogP contribution in [0.2, 0.25) is 0 Å². The van der Waals surface area contributed by atoms with Crippen LogP contribution in [-0.2, 0) is 19.7 Å². The van der Waals surface area contributed by atoms with E-state index in [4.69, 9.17) is 10.5 Å². The van der Waals surface area contributed by atoms with Gasteiger partial charge in [0.15, 0.2) is 5.78 Å². The molecule has 1 spiro atoms. The average molecular weight is 549 g/mol. The molecule has 3 aliphatic rings. The van der Waals surface area contributed by atoms with E-state index in [1.165, 1.54) is 0 Å². The number of alkyl halides is 2. The number of nitrogens with two attached hydrogens (primary N) is 1. The molecule has 0 bridgehead atoms. The van der Waals surface area contributed by atoms with Gasteiger partial charge in [0.05, 0.1) is 5.57 Å². The summed E-state index contributed by atoms with van der Waals surface area (Å²) < 4.78 is 5.92. The molecule has 0 radical (unpaired) electrons. The lowest BCUT2D eigenvalue weighted by Crippen LogP contribution is -2.48. The number of ketones is 1. The largest absolute Gasteiger partial charge is 0.444 e. The number of hydrogen-bond donors (Lipinski definition) is 2. The highest BCUT2D eigenvalue weighted by atomic mass is 79.9. The van der Waals surface area contributed by atoms with Crippen LogP contribution in [0, 0.1) is 16.7 Å². The first-order chi connectivity index (χ1) is 14.9. The summed E-state index contributed by atoms with van der Waals surface area (Å²) in [5, 5.41) is 14.5. The van der Waals surface area contributed by atoms with E-state index in [1.807, 2.05) is 0 Å². The van der Waals surface area contributed by atoms with E-state index in [1.54, 1.807) is 24.3 Å². The van der Waals surface area contributed by atoms with E-state index in [0.29, 0.717) is 29.9 Å². The predicted octanol–water partition coefficient (Wildman–Crippen LogP) is 4.55. The Kier molecular flexibility index (Phi) is 6.01. The number of anilines is 1. The Morgan fingerprint density at radius 1 is 1.13 bits per heavy atom. The van der Waals surface area contributed by atoms with Crippen LogP contribution < -0.4 is 11.1 Å². The van der Waals surface area contributed by atoms with Crippen molar-refractivity contribution in [1.29, 1.82) is 5.26 Å². The molecular formula is C23H23Br2N3O3. The quantitative estimate of drug-likeness (QED) is 0.507. The Labute approximate surface area is 198 Å². The van der Waals surface area contributed by atoms with Crippen LogP contribution in [0.1, 0.15) is 44.1 Å². The van der Waals surface area contributed by atoms with Crippen LogP contribution in [0.25, 0.3) is 0 Å². The molecule has 0 saturated carbocycles. The molecule has 2 heterocycles. The van der Waals surface area contributed by atoms with Crippen molar-refractivity contribution in [3.05, 3.63) is 52.6 Å². The Bertz CT molecular complexity index is 1050. The number of carbonyl (C=O) groups excluding carboxylic acids is 2. The van der Waals surface area contributed by atoms with Gasteiger partial charge >= 0.3 is 0 Å². The number of nitriles is 1. The third-order valence-corrected chi connectivity index (χ3v) is 7.69. The minimum absolute atomic E-state index is 0.0181. The lowest BCUT2D eigenvalue weighted by Gasteiger charge is -2.44. The number of Topliss-reactive ketones (excluding diaryl/α,β-unsaturated/α-hetero) is 1. The highest BCUT2D eigenvalue weighted by Gasteiger charge is 2.61. The summed E-state index contributed by atoms with van der Waals surface area (Å²) in [6, 6.07) is 9.22. The molecule has 0 saturated heterocycles. The minimum Gasteiger partial charge on any atom is -0.444 e. The number of nitrogens with zero attached hydrogens (tertiary/aromatic N) is 1. The Morgan fingerprint density at radius 2 is 1.81 bits per heavy atom. The molecule has 31 heavy (non-hydrogen) atoms. The predicted molar refractivity (Wildman–Crippen MR) is 124 cm³/mol. The number of carbonyl (C=O) groups is 2. The maximum absolute atomic E-state index is 13.7. The van der Waals surface area contributed by atoms with Gasteiger partial charge in [-0.2, -0.15) is 5.26 Å². The van der Waals surface area contributed by atoms with Gasteiger partial charge in [-0.25, -0.2) is 0 Å². The van der Waals surface area contributed by atoms with Crippen molar-refractivity contribution in [1.82, 2.24) is 0 Å². The summed E-state index contributed by atoms with van der Waals surface area (Å²) in [5.74, 6) is -0.232. The summed E-state index contributed by atoms with van der Waals surface area (Å²) >= 11 is 7.00. The number of rotatable bonds is 6. The normalized spacial score (nSPS) is 23.9. The van der Waals surface area contributed by atoms with E-state index >= 15 is 0 Å². The molecule has 1 atom stereocenters. The second-order valence-corrected chi connectivity index (χ2v) is 9.95. The number of fused-ring (bicyclic) bond motifs is 3. The SMILES string of the molecule is N#CC1=C(N)OC2=C(C(=O)CC(CCCBr)(CCCBr)C2)C12C(=O)Nc1ccccc12. The zero-order valence-electron chi connectivity index (χ0n) is 17.0. The van der Waals surface area contributed by atoms with Gasteiger partial charge in [0.1, 0.15) is 22.8 Å². The van der Waals surface area contributed by atoms with Crippen molar-refractivity contribution in [2.45, 2.75) is 43.9 Å². The lowest BCUT2D eigenvalue weighted by molar-refractivity contribution is -0.125. The summed E-state index contributed by atoms with van der Waals surface area (Å²) in [6.07, 6.45) is 4.43. The summed E-state index contributed by atoms with van der Waals surface area (Å²) in [7, 11) is 0. The molecule has 1 amide bonds. The average Bonchev–Trinajstić information content (AvgIpc) is 3.03. The molecule has 4 rings (SSSR count). The zero-order chi connectivity index (χ0) is 22.2. The Balaban J connectivity index is 1.91. The van der Waals surface area contributed by atoms with Gasteiger partial charge in [-0.1, -0.05) is 50.1 Å². The fraction of sp³-hybridized carbons (Fsp3) is 0.435. The third-order valence-electron chi connectivity index (χ3n) is 6.57. The van der Waals surface area contributed by atoms with E-state index in [9.17, 15) is 14.9 Å². The molecule has 8 heteroatoms. The van der Waals surface area contributed by atoms with Crippen LogP contribution in [0.15, 0.2) is 47.1 Å². The number of nitrogens with one attached hydrogen (secondary N) is 1. The standard InChI is InChI=1S/C23H23Br2N3O3/c24-9-3-7-22(8-4-10-25)11-17(29)19-18(12-22)31-20(27)15(13-26)23(19)14-5-1-2-6-16(14)28-21(23)30/h1-2,5-6H,3-4,7-12,27H2,(H,28,30). The molecule has 3 N–H and O–H groups in total. The van der Waals surface area contributed by atoms with Gasteiger partial charge in [-0.05, 0) is 37.2 Å². The first-order valence-corrected chi connectivity index (χ1v) is 12.6. The smallest absolute Gasteiger partial charge is 0.245 e. The van der Waals surface area contributed by atoms with Crippen LogP contribution in [0.5, 0.6) is 0 Å². The number of hydrogen-bond acceptors (Lipinski definition) is 5. The number of benzene rings is 1. The molecule has 1 aliphatic carbocycles. The van der Waals surface area contributed by atoms with Crippen molar-refractivity contribution in [3.8, 4) is 6.07 Å². The Hall–Kier alpha value is -2.11. The number of allylic oxidation sites excluding steroid dienone is 1. The first kappa shape index (κ1) is 22.1. The number of amides is 1. The van der Waals surface area contributed by atoms with Crippen LogP contribution in [0.4, 0.5) is 5.69 Å². The van der Waals surface area contributed by atoms with Crippen molar-refractivity contribution in [2.24, 2.45) is 11.1 Å². The molecule has 1 aromatic rings. The minimum atomic E-state index is -1.54. The van der Waals surface area contributed by atoms with E-state index in [0.717, 1.165) is 36.3 Å². The molecule has 6 nitrogen and oxygen atoms in total. The van der Waals surface area contributed by atoms with Crippen molar-refractivity contribution >= 4 is 49.2 Å². The topological polar surface area (TPSA) is 105 Å². The second kappa shape index (κ2) is 8.44. The van der Waals surface area contributed by atoms with E-state index < -0.39 is 11.3 Å². The maximum Gasteiger partial charge on any atom is 0.245 e. The fourth-order valence-corrected chi connectivity index (χ4v) is 5.89. The van der Waals surface area contributed by atoms with Gasteiger partial charge in [0, 0.05) is 34.8 Å². The summed E-state index contributed by atoms with van der Waals surface area (Å²) in [4.78, 5) is 27.2. The maximum atomic E-state index is 13.7. The second-order valence-electron chi connectivity index (χ2n) is 8.36. The molecule has 1 unspecified atom stereocenters. The third kappa shape index (κ3) is 3.33. The molecule has 2 aliphatic heterocycles. The summed E-state index contributed by atoms with van der Waals surface area (Å²) in [6.45, 7) is 0. The summed E-state index contributed by atoms with van der Waals surface area (Å²) in [5.41, 5.74) is 5.82. The number of ether oxygens (including phenoxy) is 1. The number of halogens is 2. The van der Waals surface area contributed by atoms with Gasteiger partial charge in [-0.3, -0.25) is 9.59 Å².